The molecule has 1 aliphatic carbocycles. The lowest BCUT2D eigenvalue weighted by Gasteiger charge is -2.10. The van der Waals surface area contributed by atoms with Gasteiger partial charge in [0.2, 0.25) is 0 Å². The molecule has 1 heterocycles. The number of carbonyl (C=O) groups is 1. The Kier molecular flexibility index (Phi) is 3.14. The quantitative estimate of drug-likeness (QED) is 0.629. The summed E-state index contributed by atoms with van der Waals surface area (Å²) in [6, 6.07) is 1.93. The predicted octanol–water partition coefficient (Wildman–Crippen LogP) is 2.13. The normalized spacial score (nSPS) is 17.1. The van der Waals surface area contributed by atoms with Crippen LogP contribution in [0.2, 0.25) is 0 Å². The maximum absolute atomic E-state index is 10.7. The van der Waals surface area contributed by atoms with E-state index in [0.29, 0.717) is 0 Å². The van der Waals surface area contributed by atoms with Crippen LogP contribution in [0.3, 0.4) is 0 Å². The average Bonchev–Trinajstić information content (AvgIpc) is 2.95. The molecule has 16 heavy (non-hydrogen) atoms. The first kappa shape index (κ1) is 11.4. The van der Waals surface area contributed by atoms with E-state index in [2.05, 4.69) is 9.97 Å². The molecule has 0 atom stereocenters. The third kappa shape index (κ3) is 2.95. The molecule has 2 rings (SSSR count). The Morgan fingerprint density at radius 1 is 1.56 bits per heavy atom. The van der Waals surface area contributed by atoms with Gasteiger partial charge in [-0.2, -0.15) is 0 Å². The highest BCUT2D eigenvalue weighted by molar-refractivity contribution is 7.99. The van der Waals surface area contributed by atoms with Gasteiger partial charge in [0.05, 0.1) is 11.4 Å². The minimum absolute atomic E-state index is 0.0232. The van der Waals surface area contributed by atoms with Gasteiger partial charge in [0.1, 0.15) is 6.33 Å². The van der Waals surface area contributed by atoms with Crippen LogP contribution >= 0.6 is 11.8 Å². The SMILES string of the molecule is Cc1cc(SCC2(CC(=O)O)CC2)ncn1. The fourth-order valence-electron chi connectivity index (χ4n) is 1.61. The summed E-state index contributed by atoms with van der Waals surface area (Å²) in [7, 11) is 0. The van der Waals surface area contributed by atoms with Crippen molar-refractivity contribution in [1.29, 1.82) is 0 Å². The van der Waals surface area contributed by atoms with Crippen LogP contribution in [0.1, 0.15) is 25.0 Å². The van der Waals surface area contributed by atoms with Crippen molar-refractivity contribution in [2.75, 3.05) is 5.75 Å². The second-order valence-electron chi connectivity index (χ2n) is 4.36. The van der Waals surface area contributed by atoms with E-state index in [4.69, 9.17) is 5.11 Å². The molecule has 0 spiro atoms. The molecule has 1 N–H and O–H groups in total. The van der Waals surface area contributed by atoms with Crippen LogP contribution in [0.15, 0.2) is 17.4 Å². The van der Waals surface area contributed by atoms with Crippen molar-refractivity contribution >= 4 is 17.7 Å². The van der Waals surface area contributed by atoms with Crippen LogP contribution < -0.4 is 0 Å². The van der Waals surface area contributed by atoms with Gasteiger partial charge in [0.15, 0.2) is 0 Å². The second-order valence-corrected chi connectivity index (χ2v) is 5.35. The van der Waals surface area contributed by atoms with Gasteiger partial charge in [0.25, 0.3) is 0 Å². The van der Waals surface area contributed by atoms with Crippen LogP contribution in [0.4, 0.5) is 0 Å². The van der Waals surface area contributed by atoms with E-state index < -0.39 is 5.97 Å². The summed E-state index contributed by atoms with van der Waals surface area (Å²) in [5.41, 5.74) is 0.968. The number of hydrogen-bond acceptors (Lipinski definition) is 4. The highest BCUT2D eigenvalue weighted by atomic mass is 32.2. The Bertz CT molecular complexity index is 405. The number of thioether (sulfide) groups is 1. The Morgan fingerprint density at radius 2 is 2.31 bits per heavy atom. The van der Waals surface area contributed by atoms with Crippen molar-refractivity contribution in [3.63, 3.8) is 0 Å². The highest BCUT2D eigenvalue weighted by Gasteiger charge is 2.44. The van der Waals surface area contributed by atoms with Crippen molar-refractivity contribution in [2.45, 2.75) is 31.2 Å². The van der Waals surface area contributed by atoms with Crippen molar-refractivity contribution < 1.29 is 9.90 Å². The van der Waals surface area contributed by atoms with Crippen molar-refractivity contribution in [3.05, 3.63) is 18.1 Å². The van der Waals surface area contributed by atoms with Crippen LogP contribution in [0, 0.1) is 12.3 Å². The number of aromatic nitrogens is 2. The molecule has 1 aromatic rings. The van der Waals surface area contributed by atoms with E-state index in [1.54, 1.807) is 18.1 Å². The molecule has 0 bridgehead atoms. The Morgan fingerprint density at radius 3 is 2.88 bits per heavy atom. The van der Waals surface area contributed by atoms with E-state index in [0.717, 1.165) is 29.3 Å². The van der Waals surface area contributed by atoms with Crippen LogP contribution in [-0.4, -0.2) is 26.8 Å². The molecule has 1 fully saturated rings. The van der Waals surface area contributed by atoms with Gasteiger partial charge in [-0.3, -0.25) is 4.79 Å². The van der Waals surface area contributed by atoms with Gasteiger partial charge in [0, 0.05) is 11.4 Å². The summed E-state index contributed by atoms with van der Waals surface area (Å²) in [6.45, 7) is 1.93. The molecule has 5 heteroatoms. The molecular weight excluding hydrogens is 224 g/mol. The van der Waals surface area contributed by atoms with Gasteiger partial charge in [-0.05, 0) is 31.2 Å². The number of rotatable bonds is 5. The molecule has 0 aliphatic heterocycles. The van der Waals surface area contributed by atoms with Gasteiger partial charge < -0.3 is 5.11 Å². The summed E-state index contributed by atoms with van der Waals surface area (Å²) in [5, 5.41) is 9.73. The summed E-state index contributed by atoms with van der Waals surface area (Å²) >= 11 is 1.63. The molecule has 1 saturated carbocycles. The standard InChI is InChI=1S/C11H14N2O2S/c1-8-4-9(13-7-12-8)16-6-11(2-3-11)5-10(14)15/h4,7H,2-3,5-6H2,1H3,(H,14,15). The lowest BCUT2D eigenvalue weighted by Crippen LogP contribution is -2.11. The molecule has 1 aliphatic rings. The molecular formula is C11H14N2O2S. The zero-order valence-electron chi connectivity index (χ0n) is 9.14. The largest absolute Gasteiger partial charge is 0.481 e. The maximum Gasteiger partial charge on any atom is 0.303 e. The zero-order valence-corrected chi connectivity index (χ0v) is 9.96. The topological polar surface area (TPSA) is 63.1 Å². The Balaban J connectivity index is 1.90. The number of aliphatic carboxylic acids is 1. The van der Waals surface area contributed by atoms with E-state index in [9.17, 15) is 4.79 Å². The van der Waals surface area contributed by atoms with Crippen LogP contribution in [0.25, 0.3) is 0 Å². The molecule has 1 aromatic heterocycles. The molecule has 4 nitrogen and oxygen atoms in total. The summed E-state index contributed by atoms with van der Waals surface area (Å²) < 4.78 is 0. The number of nitrogens with zero attached hydrogens (tertiary/aromatic N) is 2. The van der Waals surface area contributed by atoms with Crippen molar-refractivity contribution in [2.24, 2.45) is 5.41 Å². The molecule has 86 valence electrons. The van der Waals surface area contributed by atoms with Gasteiger partial charge in [-0.1, -0.05) is 0 Å². The van der Waals surface area contributed by atoms with E-state index in [-0.39, 0.29) is 11.8 Å². The molecule has 0 saturated heterocycles. The Hall–Kier alpha value is -1.10. The van der Waals surface area contributed by atoms with Crippen molar-refractivity contribution in [3.8, 4) is 0 Å². The fourth-order valence-corrected chi connectivity index (χ4v) is 2.83. The lowest BCUT2D eigenvalue weighted by atomic mass is 10.1. The highest BCUT2D eigenvalue weighted by Crippen LogP contribution is 2.51. The first-order chi connectivity index (χ1) is 7.60. The van der Waals surface area contributed by atoms with Gasteiger partial charge in [-0.15, -0.1) is 11.8 Å². The molecule has 0 aromatic carbocycles. The number of aryl methyl sites for hydroxylation is 1. The number of carboxylic acids is 1. The smallest absolute Gasteiger partial charge is 0.303 e. The average molecular weight is 238 g/mol. The van der Waals surface area contributed by atoms with E-state index in [1.165, 1.54) is 0 Å². The first-order valence-corrected chi connectivity index (χ1v) is 6.21. The maximum atomic E-state index is 10.7. The molecule has 0 radical (unpaired) electrons. The predicted molar refractivity (Wildman–Crippen MR) is 61.4 cm³/mol. The van der Waals surface area contributed by atoms with E-state index >= 15 is 0 Å². The Labute approximate surface area is 98.5 Å². The fraction of sp³-hybridized carbons (Fsp3) is 0.545. The first-order valence-electron chi connectivity index (χ1n) is 5.23. The number of hydrogen-bond donors (Lipinski definition) is 1. The van der Waals surface area contributed by atoms with Gasteiger partial charge in [-0.25, -0.2) is 9.97 Å². The monoisotopic (exact) mass is 238 g/mol. The third-order valence-electron chi connectivity index (χ3n) is 2.79. The lowest BCUT2D eigenvalue weighted by molar-refractivity contribution is -0.138. The summed E-state index contributed by atoms with van der Waals surface area (Å²) in [6.07, 6.45) is 3.88. The third-order valence-corrected chi connectivity index (χ3v) is 4.06. The molecule has 0 amide bonds. The van der Waals surface area contributed by atoms with Crippen LogP contribution in [-0.2, 0) is 4.79 Å². The minimum atomic E-state index is -0.697. The minimum Gasteiger partial charge on any atom is -0.481 e. The number of carboxylic acid groups (broad SMARTS) is 1. The molecule has 0 unspecified atom stereocenters. The van der Waals surface area contributed by atoms with Crippen molar-refractivity contribution in [1.82, 2.24) is 9.97 Å². The summed E-state index contributed by atoms with van der Waals surface area (Å²) in [5.74, 6) is 0.146. The van der Waals surface area contributed by atoms with E-state index in [1.807, 2.05) is 13.0 Å². The van der Waals surface area contributed by atoms with Crippen LogP contribution in [0.5, 0.6) is 0 Å². The van der Waals surface area contributed by atoms with Gasteiger partial charge >= 0.3 is 5.97 Å². The second kappa shape index (κ2) is 4.41. The zero-order chi connectivity index (χ0) is 11.6. The summed E-state index contributed by atoms with van der Waals surface area (Å²) in [4.78, 5) is 18.9.